The fourth-order valence-corrected chi connectivity index (χ4v) is 2.78. The summed E-state index contributed by atoms with van der Waals surface area (Å²) in [5.41, 5.74) is 1.51. The van der Waals surface area contributed by atoms with Crippen LogP contribution in [0.5, 0.6) is 5.75 Å². The summed E-state index contributed by atoms with van der Waals surface area (Å²) in [6.45, 7) is -0.0693. The number of carbonyl (C=O) groups excluding carboxylic acids is 1. The fourth-order valence-electron chi connectivity index (χ4n) is 1.80. The van der Waals surface area contributed by atoms with Crippen LogP contribution in [-0.2, 0) is 4.79 Å². The molecule has 0 aliphatic carbocycles. The van der Waals surface area contributed by atoms with E-state index in [-0.39, 0.29) is 12.5 Å². The third-order valence-corrected chi connectivity index (χ3v) is 4.15. The number of carbonyl (C=O) groups is 1. The molecular formula is C16H12BrN3O2S. The van der Waals surface area contributed by atoms with Crippen molar-refractivity contribution in [2.24, 2.45) is 0 Å². The van der Waals surface area contributed by atoms with Gasteiger partial charge in [0.1, 0.15) is 11.4 Å². The standard InChI is InChI=1S/C16H12BrN3O2S/c17-11-4-6-12(7-5-11)22-9-15(21)20-16-19-14(10-23-16)13-3-1-2-8-18-13/h1-8,10H,9H2,(H,19,20,21). The molecule has 0 saturated heterocycles. The number of nitrogens with one attached hydrogen (secondary N) is 1. The maximum atomic E-state index is 11.9. The maximum absolute atomic E-state index is 11.9. The van der Waals surface area contributed by atoms with Crippen molar-refractivity contribution < 1.29 is 9.53 Å². The van der Waals surface area contributed by atoms with Gasteiger partial charge in [-0.2, -0.15) is 0 Å². The van der Waals surface area contributed by atoms with Crippen LogP contribution < -0.4 is 10.1 Å². The molecule has 1 amide bonds. The van der Waals surface area contributed by atoms with E-state index >= 15 is 0 Å². The van der Waals surface area contributed by atoms with Gasteiger partial charge in [0.15, 0.2) is 11.7 Å². The summed E-state index contributed by atoms with van der Waals surface area (Å²) in [6, 6.07) is 12.9. The van der Waals surface area contributed by atoms with Crippen LogP contribution in [0.2, 0.25) is 0 Å². The second kappa shape index (κ2) is 7.34. The van der Waals surface area contributed by atoms with Crippen molar-refractivity contribution in [2.75, 3.05) is 11.9 Å². The number of aromatic nitrogens is 2. The Balaban J connectivity index is 1.56. The van der Waals surface area contributed by atoms with Gasteiger partial charge in [0.25, 0.3) is 5.91 Å². The van der Waals surface area contributed by atoms with Crippen LogP contribution in [0.25, 0.3) is 11.4 Å². The Hall–Kier alpha value is -2.25. The molecule has 0 saturated carbocycles. The first-order valence-corrected chi connectivity index (χ1v) is 8.43. The first kappa shape index (κ1) is 15.6. The van der Waals surface area contributed by atoms with Crippen molar-refractivity contribution in [3.05, 3.63) is 58.5 Å². The molecule has 3 aromatic rings. The second-order valence-electron chi connectivity index (χ2n) is 4.54. The zero-order valence-electron chi connectivity index (χ0n) is 11.9. The summed E-state index contributed by atoms with van der Waals surface area (Å²) in [7, 11) is 0. The number of anilines is 1. The normalized spacial score (nSPS) is 10.3. The monoisotopic (exact) mass is 389 g/mol. The summed E-state index contributed by atoms with van der Waals surface area (Å²) in [5.74, 6) is 0.381. The quantitative estimate of drug-likeness (QED) is 0.716. The smallest absolute Gasteiger partial charge is 0.264 e. The SMILES string of the molecule is O=C(COc1ccc(Br)cc1)Nc1nc(-c2ccccn2)cs1. The molecule has 5 nitrogen and oxygen atoms in total. The van der Waals surface area contributed by atoms with Gasteiger partial charge < -0.3 is 4.74 Å². The number of hydrogen-bond acceptors (Lipinski definition) is 5. The number of pyridine rings is 1. The predicted molar refractivity (Wildman–Crippen MR) is 93.6 cm³/mol. The molecule has 116 valence electrons. The number of benzene rings is 1. The van der Waals surface area contributed by atoms with Gasteiger partial charge in [-0.25, -0.2) is 4.98 Å². The zero-order valence-corrected chi connectivity index (χ0v) is 14.3. The van der Waals surface area contributed by atoms with Gasteiger partial charge in [-0.1, -0.05) is 22.0 Å². The molecule has 0 unspecified atom stereocenters. The number of halogens is 1. The Morgan fingerprint density at radius 1 is 1.17 bits per heavy atom. The molecule has 0 aliphatic rings. The van der Waals surface area contributed by atoms with Crippen molar-refractivity contribution in [1.29, 1.82) is 0 Å². The van der Waals surface area contributed by atoms with E-state index < -0.39 is 0 Å². The molecule has 0 atom stereocenters. The van der Waals surface area contributed by atoms with Crippen LogP contribution in [0.1, 0.15) is 0 Å². The summed E-state index contributed by atoms with van der Waals surface area (Å²) in [5, 5.41) is 5.10. The molecule has 2 aromatic heterocycles. The van der Waals surface area contributed by atoms with E-state index in [0.29, 0.717) is 10.9 Å². The molecule has 0 fully saturated rings. The lowest BCUT2D eigenvalue weighted by atomic mass is 10.3. The lowest BCUT2D eigenvalue weighted by Gasteiger charge is -2.05. The topological polar surface area (TPSA) is 64.1 Å². The van der Waals surface area contributed by atoms with Gasteiger partial charge >= 0.3 is 0 Å². The van der Waals surface area contributed by atoms with Crippen molar-refractivity contribution >= 4 is 38.3 Å². The minimum atomic E-state index is -0.255. The highest BCUT2D eigenvalue weighted by atomic mass is 79.9. The van der Waals surface area contributed by atoms with Crippen molar-refractivity contribution in [3.8, 4) is 17.1 Å². The molecule has 1 aromatic carbocycles. The van der Waals surface area contributed by atoms with Gasteiger partial charge in [-0.3, -0.25) is 15.1 Å². The first-order valence-electron chi connectivity index (χ1n) is 6.76. The summed E-state index contributed by atoms with van der Waals surface area (Å²) >= 11 is 4.70. The zero-order chi connectivity index (χ0) is 16.1. The third-order valence-electron chi connectivity index (χ3n) is 2.86. The maximum Gasteiger partial charge on any atom is 0.264 e. The number of ether oxygens (including phenoxy) is 1. The van der Waals surface area contributed by atoms with E-state index in [9.17, 15) is 4.79 Å². The van der Waals surface area contributed by atoms with Crippen LogP contribution >= 0.6 is 27.3 Å². The molecule has 2 heterocycles. The average molecular weight is 390 g/mol. The minimum Gasteiger partial charge on any atom is -0.484 e. The molecular weight excluding hydrogens is 378 g/mol. The Morgan fingerprint density at radius 3 is 2.74 bits per heavy atom. The average Bonchev–Trinajstić information content (AvgIpc) is 3.04. The van der Waals surface area contributed by atoms with Crippen LogP contribution in [-0.4, -0.2) is 22.5 Å². The Bertz CT molecular complexity index is 791. The molecule has 0 spiro atoms. The van der Waals surface area contributed by atoms with Crippen molar-refractivity contribution in [2.45, 2.75) is 0 Å². The number of rotatable bonds is 5. The Kier molecular flexibility index (Phi) is 4.99. The highest BCUT2D eigenvalue weighted by molar-refractivity contribution is 9.10. The summed E-state index contributed by atoms with van der Waals surface area (Å²) in [6.07, 6.45) is 1.71. The predicted octanol–water partition coefficient (Wildman–Crippen LogP) is 3.99. The highest BCUT2D eigenvalue weighted by Crippen LogP contribution is 2.23. The fraction of sp³-hybridized carbons (Fsp3) is 0.0625. The van der Waals surface area contributed by atoms with Crippen LogP contribution in [0.15, 0.2) is 58.5 Å². The Morgan fingerprint density at radius 2 is 2.00 bits per heavy atom. The summed E-state index contributed by atoms with van der Waals surface area (Å²) < 4.78 is 6.38. The second-order valence-corrected chi connectivity index (χ2v) is 6.32. The van der Waals surface area contributed by atoms with Gasteiger partial charge in [0, 0.05) is 16.0 Å². The third kappa shape index (κ3) is 4.37. The van der Waals surface area contributed by atoms with Gasteiger partial charge in [-0.15, -0.1) is 11.3 Å². The highest BCUT2D eigenvalue weighted by Gasteiger charge is 2.09. The van der Waals surface area contributed by atoms with Gasteiger partial charge in [0.05, 0.1) is 5.69 Å². The van der Waals surface area contributed by atoms with Crippen LogP contribution in [0.4, 0.5) is 5.13 Å². The number of amides is 1. The van der Waals surface area contributed by atoms with Crippen molar-refractivity contribution in [3.63, 3.8) is 0 Å². The minimum absolute atomic E-state index is 0.0693. The molecule has 0 bridgehead atoms. The molecule has 3 rings (SSSR count). The lowest BCUT2D eigenvalue weighted by Crippen LogP contribution is -2.20. The van der Waals surface area contributed by atoms with Gasteiger partial charge in [-0.05, 0) is 36.4 Å². The number of hydrogen-bond donors (Lipinski definition) is 1. The van der Waals surface area contributed by atoms with E-state index in [2.05, 4.69) is 31.2 Å². The van der Waals surface area contributed by atoms with E-state index in [1.807, 2.05) is 35.7 Å². The molecule has 0 radical (unpaired) electrons. The summed E-state index contributed by atoms with van der Waals surface area (Å²) in [4.78, 5) is 20.5. The molecule has 7 heteroatoms. The molecule has 1 N–H and O–H groups in total. The lowest BCUT2D eigenvalue weighted by molar-refractivity contribution is -0.118. The van der Waals surface area contributed by atoms with Crippen LogP contribution in [0.3, 0.4) is 0 Å². The van der Waals surface area contributed by atoms with Crippen molar-refractivity contribution in [1.82, 2.24) is 9.97 Å². The van der Waals surface area contributed by atoms with E-state index in [4.69, 9.17) is 4.74 Å². The molecule has 0 aliphatic heterocycles. The van der Waals surface area contributed by atoms with E-state index in [0.717, 1.165) is 15.9 Å². The van der Waals surface area contributed by atoms with E-state index in [1.165, 1.54) is 11.3 Å². The number of nitrogens with zero attached hydrogens (tertiary/aromatic N) is 2. The van der Waals surface area contributed by atoms with E-state index in [1.54, 1.807) is 18.3 Å². The first-order chi connectivity index (χ1) is 11.2. The van der Waals surface area contributed by atoms with Gasteiger partial charge in [0.2, 0.25) is 0 Å². The largest absolute Gasteiger partial charge is 0.484 e. The Labute approximate surface area is 145 Å². The van der Waals surface area contributed by atoms with Crippen LogP contribution in [0, 0.1) is 0 Å². The number of thiazole rings is 1. The molecule has 23 heavy (non-hydrogen) atoms.